The predicted molar refractivity (Wildman–Crippen MR) is 127 cm³/mol. The zero-order chi connectivity index (χ0) is 22.7. The van der Waals surface area contributed by atoms with Crippen LogP contribution in [0.4, 0.5) is 5.13 Å². The molecule has 0 N–H and O–H groups in total. The van der Waals surface area contributed by atoms with Gasteiger partial charge in [0.2, 0.25) is 6.10 Å². The highest BCUT2D eigenvalue weighted by molar-refractivity contribution is 7.22. The van der Waals surface area contributed by atoms with Crippen molar-refractivity contribution in [3.63, 3.8) is 0 Å². The van der Waals surface area contributed by atoms with Gasteiger partial charge < -0.3 is 19.1 Å². The zero-order valence-corrected chi connectivity index (χ0v) is 19.8. The summed E-state index contributed by atoms with van der Waals surface area (Å²) < 4.78 is 18.4. The first-order valence-corrected chi connectivity index (χ1v) is 11.7. The summed E-state index contributed by atoms with van der Waals surface area (Å²) in [6.45, 7) is 9.56. The van der Waals surface area contributed by atoms with Gasteiger partial charge in [-0.05, 0) is 43.8 Å². The lowest BCUT2D eigenvalue weighted by Gasteiger charge is -2.30. The second kappa shape index (κ2) is 9.75. The van der Waals surface area contributed by atoms with E-state index in [4.69, 9.17) is 19.2 Å². The van der Waals surface area contributed by atoms with E-state index in [1.807, 2.05) is 43.3 Å². The van der Waals surface area contributed by atoms with Crippen molar-refractivity contribution < 1.29 is 19.0 Å². The van der Waals surface area contributed by atoms with E-state index in [0.29, 0.717) is 28.9 Å². The van der Waals surface area contributed by atoms with Crippen LogP contribution in [0.1, 0.15) is 19.4 Å². The number of hydrogen-bond acceptors (Lipinski definition) is 7. The second-order valence-electron chi connectivity index (χ2n) is 7.64. The Morgan fingerprint density at radius 1 is 1.16 bits per heavy atom. The van der Waals surface area contributed by atoms with Crippen LogP contribution in [0, 0.1) is 6.92 Å². The standard InChI is InChI=1S/C24H29N3O4S/c1-5-26(6-2)13-14-27(23(28)20-15-30-17-9-7-8-10-18(17)31-20)24-25-21-19(29-4)12-11-16(3)22(21)32-24/h7-12,20H,5-6,13-15H2,1-4H3/t20-/m1/s1. The molecule has 32 heavy (non-hydrogen) atoms. The minimum Gasteiger partial charge on any atom is -0.494 e. The predicted octanol–water partition coefficient (Wildman–Crippen LogP) is 4.13. The number of para-hydroxylation sites is 2. The first kappa shape index (κ1) is 22.4. The zero-order valence-electron chi connectivity index (χ0n) is 19.0. The number of rotatable bonds is 8. The van der Waals surface area contributed by atoms with Gasteiger partial charge in [0.05, 0.1) is 11.8 Å². The van der Waals surface area contributed by atoms with E-state index in [-0.39, 0.29) is 12.5 Å². The quantitative estimate of drug-likeness (QED) is 0.509. The molecule has 0 radical (unpaired) electrons. The maximum Gasteiger partial charge on any atom is 0.273 e. The van der Waals surface area contributed by atoms with Gasteiger partial charge in [-0.2, -0.15) is 0 Å². The maximum atomic E-state index is 13.7. The highest BCUT2D eigenvalue weighted by atomic mass is 32.1. The number of methoxy groups -OCH3 is 1. The molecule has 1 amide bonds. The number of aryl methyl sites for hydroxylation is 1. The molecule has 2 heterocycles. The number of thiazole rings is 1. The molecule has 3 aromatic rings. The molecule has 0 saturated carbocycles. The summed E-state index contributed by atoms with van der Waals surface area (Å²) >= 11 is 1.51. The molecular weight excluding hydrogens is 426 g/mol. The van der Waals surface area contributed by atoms with Gasteiger partial charge in [0.15, 0.2) is 16.6 Å². The molecular formula is C24H29N3O4S. The summed E-state index contributed by atoms with van der Waals surface area (Å²) in [6.07, 6.45) is -0.725. The van der Waals surface area contributed by atoms with E-state index in [0.717, 1.165) is 35.4 Å². The fourth-order valence-electron chi connectivity index (χ4n) is 3.77. The Bertz CT molecular complexity index is 1100. The smallest absolute Gasteiger partial charge is 0.273 e. The summed E-state index contributed by atoms with van der Waals surface area (Å²) in [7, 11) is 1.64. The van der Waals surface area contributed by atoms with Gasteiger partial charge in [-0.1, -0.05) is 43.4 Å². The fraction of sp³-hybridized carbons (Fsp3) is 0.417. The Morgan fingerprint density at radius 3 is 2.62 bits per heavy atom. The number of benzene rings is 2. The summed E-state index contributed by atoms with van der Waals surface area (Å²) in [5.41, 5.74) is 1.88. The van der Waals surface area contributed by atoms with Crippen molar-refractivity contribution in [3.8, 4) is 17.2 Å². The molecule has 170 valence electrons. The Morgan fingerprint density at radius 2 is 1.91 bits per heavy atom. The summed E-state index contributed by atoms with van der Waals surface area (Å²) in [5, 5.41) is 0.646. The van der Waals surface area contributed by atoms with Crippen molar-refractivity contribution in [1.29, 1.82) is 0 Å². The Kier molecular flexibility index (Phi) is 6.81. The number of nitrogens with zero attached hydrogens (tertiary/aromatic N) is 3. The third-order valence-electron chi connectivity index (χ3n) is 5.73. The average molecular weight is 456 g/mol. The number of hydrogen-bond donors (Lipinski definition) is 0. The van der Waals surface area contributed by atoms with E-state index in [9.17, 15) is 4.79 Å². The molecule has 1 aliphatic rings. The lowest BCUT2D eigenvalue weighted by molar-refractivity contribution is -0.127. The minimum absolute atomic E-state index is 0.151. The number of anilines is 1. The van der Waals surface area contributed by atoms with Crippen molar-refractivity contribution in [2.24, 2.45) is 0 Å². The molecule has 7 nitrogen and oxygen atoms in total. The number of ether oxygens (including phenoxy) is 3. The molecule has 1 aliphatic heterocycles. The topological polar surface area (TPSA) is 64.1 Å². The first-order chi connectivity index (χ1) is 15.5. The monoisotopic (exact) mass is 455 g/mol. The van der Waals surface area contributed by atoms with E-state index >= 15 is 0 Å². The van der Waals surface area contributed by atoms with Crippen molar-refractivity contribution in [3.05, 3.63) is 42.0 Å². The van der Waals surface area contributed by atoms with Gasteiger partial charge in [-0.3, -0.25) is 9.69 Å². The minimum atomic E-state index is -0.725. The third kappa shape index (κ3) is 4.38. The Balaban J connectivity index is 1.67. The number of aromatic nitrogens is 1. The molecule has 4 rings (SSSR count). The lowest BCUT2D eigenvalue weighted by Crippen LogP contribution is -2.48. The van der Waals surface area contributed by atoms with Crippen LogP contribution in [0.5, 0.6) is 17.2 Å². The second-order valence-corrected chi connectivity index (χ2v) is 8.62. The normalized spacial score (nSPS) is 15.2. The average Bonchev–Trinajstić information content (AvgIpc) is 3.27. The van der Waals surface area contributed by atoms with Gasteiger partial charge in [-0.25, -0.2) is 4.98 Å². The third-order valence-corrected chi connectivity index (χ3v) is 6.94. The molecule has 0 spiro atoms. The number of likely N-dealkylation sites (N-methyl/N-ethyl adjacent to an activating group) is 1. The van der Waals surface area contributed by atoms with Crippen molar-refractivity contribution in [1.82, 2.24) is 9.88 Å². The molecule has 0 bridgehead atoms. The molecule has 2 aromatic carbocycles. The molecule has 8 heteroatoms. The molecule has 0 unspecified atom stereocenters. The molecule has 0 saturated heterocycles. The SMILES string of the molecule is CCN(CC)CCN(C(=O)[C@H]1COc2ccccc2O1)c1nc2c(OC)ccc(C)c2s1. The van der Waals surface area contributed by atoms with Crippen molar-refractivity contribution in [2.45, 2.75) is 26.9 Å². The van der Waals surface area contributed by atoms with Gasteiger partial charge in [0.1, 0.15) is 17.9 Å². The van der Waals surface area contributed by atoms with Crippen molar-refractivity contribution >= 4 is 32.6 Å². The highest BCUT2D eigenvalue weighted by Gasteiger charge is 2.33. The number of carbonyl (C=O) groups excluding carboxylic acids is 1. The van der Waals surface area contributed by atoms with Crippen LogP contribution in [0.15, 0.2) is 36.4 Å². The molecule has 1 aromatic heterocycles. The Hall–Kier alpha value is -2.84. The van der Waals surface area contributed by atoms with Crippen molar-refractivity contribution in [2.75, 3.05) is 44.8 Å². The first-order valence-electron chi connectivity index (χ1n) is 10.9. The molecule has 1 atom stereocenters. The van der Waals surface area contributed by atoms with E-state index in [1.54, 1.807) is 12.0 Å². The van der Waals surface area contributed by atoms with Crippen LogP contribution >= 0.6 is 11.3 Å². The number of amides is 1. The van der Waals surface area contributed by atoms with E-state index in [2.05, 4.69) is 18.7 Å². The van der Waals surface area contributed by atoms with Crippen LogP contribution < -0.4 is 19.1 Å². The van der Waals surface area contributed by atoms with Gasteiger partial charge in [0, 0.05) is 13.1 Å². The summed E-state index contributed by atoms with van der Waals surface area (Å²) in [6, 6.07) is 11.4. The van der Waals surface area contributed by atoms with Gasteiger partial charge >= 0.3 is 0 Å². The highest BCUT2D eigenvalue weighted by Crippen LogP contribution is 2.37. The van der Waals surface area contributed by atoms with Crippen LogP contribution in [0.25, 0.3) is 10.2 Å². The van der Waals surface area contributed by atoms with Crippen LogP contribution in [-0.4, -0.2) is 61.8 Å². The lowest BCUT2D eigenvalue weighted by atomic mass is 10.2. The number of carbonyl (C=O) groups is 1. The van der Waals surface area contributed by atoms with Gasteiger partial charge in [-0.15, -0.1) is 0 Å². The fourth-order valence-corrected chi connectivity index (χ4v) is 4.86. The largest absolute Gasteiger partial charge is 0.494 e. The number of fused-ring (bicyclic) bond motifs is 2. The van der Waals surface area contributed by atoms with E-state index in [1.165, 1.54) is 11.3 Å². The molecule has 0 aliphatic carbocycles. The van der Waals surface area contributed by atoms with E-state index < -0.39 is 6.10 Å². The summed E-state index contributed by atoms with van der Waals surface area (Å²) in [5.74, 6) is 1.80. The van der Waals surface area contributed by atoms with Crippen LogP contribution in [0.2, 0.25) is 0 Å². The molecule has 0 fully saturated rings. The Labute approximate surface area is 192 Å². The van der Waals surface area contributed by atoms with Crippen LogP contribution in [-0.2, 0) is 4.79 Å². The van der Waals surface area contributed by atoms with Gasteiger partial charge in [0.25, 0.3) is 5.91 Å². The summed E-state index contributed by atoms with van der Waals surface area (Å²) in [4.78, 5) is 22.5. The maximum absolute atomic E-state index is 13.7. The van der Waals surface area contributed by atoms with Crippen LogP contribution in [0.3, 0.4) is 0 Å².